The van der Waals surface area contributed by atoms with Crippen molar-refractivity contribution < 1.29 is 0 Å². The molecule has 0 radical (unpaired) electrons. The highest BCUT2D eigenvalue weighted by Gasteiger charge is 2.17. The molecular weight excluding hydrogens is 228 g/mol. The smallest absolute Gasteiger partial charge is 0.0605 e. The van der Waals surface area contributed by atoms with Crippen LogP contribution in [0.15, 0.2) is 17.5 Å². The first kappa shape index (κ1) is 12.7. The number of rotatable bonds is 5. The molecule has 1 atom stereocenters. The van der Waals surface area contributed by atoms with Crippen LogP contribution in [0, 0.1) is 6.92 Å². The molecule has 0 aliphatic heterocycles. The largest absolute Gasteiger partial charge is 0.271 e. The minimum Gasteiger partial charge on any atom is -0.271 e. The Morgan fingerprint density at radius 1 is 1.73 bits per heavy atom. The number of hydrazine groups is 1. The molecular formula is C11H17ClN2S. The van der Waals surface area contributed by atoms with E-state index < -0.39 is 0 Å². The van der Waals surface area contributed by atoms with E-state index in [9.17, 15) is 0 Å². The van der Waals surface area contributed by atoms with Gasteiger partial charge in [0.15, 0.2) is 0 Å². The average Bonchev–Trinajstić information content (AvgIpc) is 2.56. The van der Waals surface area contributed by atoms with Gasteiger partial charge in [-0.1, -0.05) is 30.7 Å². The van der Waals surface area contributed by atoms with Gasteiger partial charge in [-0.25, -0.2) is 0 Å². The van der Waals surface area contributed by atoms with Crippen molar-refractivity contribution in [3.8, 4) is 0 Å². The number of hydrogen-bond donors (Lipinski definition) is 2. The Morgan fingerprint density at radius 2 is 2.40 bits per heavy atom. The molecule has 1 rings (SSSR count). The summed E-state index contributed by atoms with van der Waals surface area (Å²) in [5, 5.41) is 2.88. The summed E-state index contributed by atoms with van der Waals surface area (Å²) in [6, 6.07) is 0.0867. The summed E-state index contributed by atoms with van der Waals surface area (Å²) in [5.41, 5.74) is 5.09. The van der Waals surface area contributed by atoms with Crippen LogP contribution in [0.2, 0.25) is 5.02 Å². The first-order valence-electron chi connectivity index (χ1n) is 4.96. The average molecular weight is 245 g/mol. The van der Waals surface area contributed by atoms with E-state index in [1.54, 1.807) is 11.3 Å². The molecule has 0 saturated carbocycles. The van der Waals surface area contributed by atoms with Gasteiger partial charge in [-0.2, -0.15) is 0 Å². The summed E-state index contributed by atoms with van der Waals surface area (Å²) in [5.74, 6) is 5.54. The van der Waals surface area contributed by atoms with Crippen LogP contribution in [0.1, 0.15) is 36.2 Å². The second-order valence-corrected chi connectivity index (χ2v) is 4.91. The maximum Gasteiger partial charge on any atom is 0.0605 e. The Kier molecular flexibility index (Phi) is 4.80. The van der Waals surface area contributed by atoms with Crippen LogP contribution in [0.4, 0.5) is 0 Å². The number of nitrogens with two attached hydrogens (primary N) is 1. The highest BCUT2D eigenvalue weighted by Crippen LogP contribution is 2.34. The van der Waals surface area contributed by atoms with Crippen molar-refractivity contribution in [1.82, 2.24) is 5.43 Å². The lowest BCUT2D eigenvalue weighted by atomic mass is 10.0. The van der Waals surface area contributed by atoms with Crippen molar-refractivity contribution in [2.24, 2.45) is 5.84 Å². The lowest BCUT2D eigenvalue weighted by Crippen LogP contribution is -2.27. The molecule has 4 heteroatoms. The molecule has 0 bridgehead atoms. The Bertz CT molecular complexity index is 346. The van der Waals surface area contributed by atoms with Gasteiger partial charge < -0.3 is 0 Å². The summed E-state index contributed by atoms with van der Waals surface area (Å²) in [6.45, 7) is 8.09. The summed E-state index contributed by atoms with van der Waals surface area (Å²) in [7, 11) is 0. The first-order valence-corrected chi connectivity index (χ1v) is 6.22. The third-order valence-corrected chi connectivity index (χ3v) is 4.26. The summed E-state index contributed by atoms with van der Waals surface area (Å²) < 4.78 is 0. The number of halogens is 1. The lowest BCUT2D eigenvalue weighted by molar-refractivity contribution is 0.553. The van der Waals surface area contributed by atoms with E-state index in [0.29, 0.717) is 0 Å². The van der Waals surface area contributed by atoms with Crippen LogP contribution < -0.4 is 11.3 Å². The van der Waals surface area contributed by atoms with Gasteiger partial charge in [0.25, 0.3) is 0 Å². The molecule has 0 aliphatic rings. The summed E-state index contributed by atoms with van der Waals surface area (Å²) >= 11 is 7.84. The fourth-order valence-corrected chi connectivity index (χ4v) is 2.73. The predicted molar refractivity (Wildman–Crippen MR) is 68.2 cm³/mol. The second-order valence-electron chi connectivity index (χ2n) is 3.62. The molecule has 15 heavy (non-hydrogen) atoms. The molecule has 0 aliphatic carbocycles. The highest BCUT2D eigenvalue weighted by molar-refractivity contribution is 7.10. The Balaban J connectivity index is 2.83. The van der Waals surface area contributed by atoms with Crippen molar-refractivity contribution in [2.75, 3.05) is 0 Å². The maximum atomic E-state index is 6.19. The van der Waals surface area contributed by atoms with Crippen LogP contribution >= 0.6 is 22.9 Å². The molecule has 0 saturated heterocycles. The minimum absolute atomic E-state index is 0.0867. The standard InChI is InChI=1S/C11H17ClN2S/c1-4-7(2)5-9(14-13)11-10(12)8(3)6-15-11/h6,9,14H,2,4-5,13H2,1,3H3. The van der Waals surface area contributed by atoms with Crippen molar-refractivity contribution in [2.45, 2.75) is 32.7 Å². The van der Waals surface area contributed by atoms with E-state index in [2.05, 4.69) is 24.3 Å². The third kappa shape index (κ3) is 3.05. The Morgan fingerprint density at radius 3 is 2.80 bits per heavy atom. The fraction of sp³-hybridized carbons (Fsp3) is 0.455. The van der Waals surface area contributed by atoms with Crippen molar-refractivity contribution in [3.05, 3.63) is 33.0 Å². The molecule has 0 spiro atoms. The topological polar surface area (TPSA) is 38.0 Å². The first-order chi connectivity index (χ1) is 7.10. The Labute approximate surface area is 100 Å². The number of nitrogens with one attached hydrogen (secondary N) is 1. The summed E-state index contributed by atoms with van der Waals surface area (Å²) in [6.07, 6.45) is 1.81. The highest BCUT2D eigenvalue weighted by atomic mass is 35.5. The molecule has 1 heterocycles. The van der Waals surface area contributed by atoms with E-state index >= 15 is 0 Å². The monoisotopic (exact) mass is 244 g/mol. The quantitative estimate of drug-likeness (QED) is 0.472. The molecule has 1 unspecified atom stereocenters. The zero-order chi connectivity index (χ0) is 11.4. The van der Waals surface area contributed by atoms with E-state index in [4.69, 9.17) is 17.4 Å². The molecule has 0 fully saturated rings. The van der Waals surface area contributed by atoms with Crippen LogP contribution in [0.3, 0.4) is 0 Å². The van der Waals surface area contributed by atoms with Gasteiger partial charge in [0.05, 0.1) is 11.1 Å². The zero-order valence-corrected chi connectivity index (χ0v) is 10.7. The van der Waals surface area contributed by atoms with Gasteiger partial charge in [0.2, 0.25) is 0 Å². The molecule has 1 aromatic heterocycles. The van der Waals surface area contributed by atoms with Crippen LogP contribution in [-0.2, 0) is 0 Å². The molecule has 84 valence electrons. The van der Waals surface area contributed by atoms with Crippen molar-refractivity contribution >= 4 is 22.9 Å². The number of aryl methyl sites for hydroxylation is 1. The molecule has 3 N–H and O–H groups in total. The SMILES string of the molecule is C=C(CC)CC(NN)c1scc(C)c1Cl. The van der Waals surface area contributed by atoms with Gasteiger partial charge in [-0.15, -0.1) is 11.3 Å². The van der Waals surface area contributed by atoms with E-state index in [0.717, 1.165) is 28.3 Å². The molecule has 1 aromatic rings. The molecule has 0 aromatic carbocycles. The summed E-state index contributed by atoms with van der Waals surface area (Å²) in [4.78, 5) is 1.10. The predicted octanol–water partition coefficient (Wildman–Crippen LogP) is 3.57. The third-order valence-electron chi connectivity index (χ3n) is 2.44. The van der Waals surface area contributed by atoms with Gasteiger partial charge >= 0.3 is 0 Å². The van der Waals surface area contributed by atoms with Crippen molar-refractivity contribution in [3.63, 3.8) is 0 Å². The molecule has 2 nitrogen and oxygen atoms in total. The minimum atomic E-state index is 0.0867. The second kappa shape index (κ2) is 5.66. The van der Waals surface area contributed by atoms with Crippen LogP contribution in [0.5, 0.6) is 0 Å². The number of thiophene rings is 1. The van der Waals surface area contributed by atoms with Gasteiger partial charge in [0, 0.05) is 4.88 Å². The van der Waals surface area contributed by atoms with Gasteiger partial charge in [-0.3, -0.25) is 11.3 Å². The van der Waals surface area contributed by atoms with Crippen LogP contribution in [-0.4, -0.2) is 0 Å². The van der Waals surface area contributed by atoms with E-state index in [1.807, 2.05) is 6.92 Å². The maximum absolute atomic E-state index is 6.19. The van der Waals surface area contributed by atoms with Gasteiger partial charge in [0.1, 0.15) is 0 Å². The fourth-order valence-electron chi connectivity index (χ4n) is 1.35. The normalized spacial score (nSPS) is 12.8. The molecule has 0 amide bonds. The van der Waals surface area contributed by atoms with E-state index in [1.165, 1.54) is 5.57 Å². The van der Waals surface area contributed by atoms with Gasteiger partial charge in [-0.05, 0) is 30.7 Å². The van der Waals surface area contributed by atoms with E-state index in [-0.39, 0.29) is 6.04 Å². The zero-order valence-electron chi connectivity index (χ0n) is 9.14. The Hall–Kier alpha value is -0.350. The van der Waals surface area contributed by atoms with Crippen LogP contribution in [0.25, 0.3) is 0 Å². The number of hydrogen-bond acceptors (Lipinski definition) is 3. The van der Waals surface area contributed by atoms with Crippen molar-refractivity contribution in [1.29, 1.82) is 0 Å². The lowest BCUT2D eigenvalue weighted by Gasteiger charge is -2.15.